The normalized spacial score (nSPS) is 20.6. The van der Waals surface area contributed by atoms with Crippen molar-refractivity contribution in [2.45, 2.75) is 23.1 Å². The van der Waals surface area contributed by atoms with Gasteiger partial charge in [0.15, 0.2) is 0 Å². The van der Waals surface area contributed by atoms with E-state index in [1.807, 2.05) is 23.1 Å². The van der Waals surface area contributed by atoms with Gasteiger partial charge in [-0.25, -0.2) is 8.42 Å². The summed E-state index contributed by atoms with van der Waals surface area (Å²) in [5.74, 6) is -0.241. The molecule has 0 N–H and O–H groups in total. The minimum Gasteiger partial charge on any atom is -0.340 e. The molecule has 6 nitrogen and oxygen atoms in total. The van der Waals surface area contributed by atoms with E-state index >= 15 is 0 Å². The molecule has 2 atom stereocenters. The molecule has 2 aliphatic heterocycles. The summed E-state index contributed by atoms with van der Waals surface area (Å²) in [6, 6.07) is 21.8. The fourth-order valence-corrected chi connectivity index (χ4v) is 9.09. The second-order valence-electron chi connectivity index (χ2n) is 9.49. The van der Waals surface area contributed by atoms with Crippen molar-refractivity contribution in [3.63, 3.8) is 0 Å². The predicted molar refractivity (Wildman–Crippen MR) is 151 cm³/mol. The summed E-state index contributed by atoms with van der Waals surface area (Å²) in [4.78, 5) is 17.8. The van der Waals surface area contributed by atoms with E-state index in [1.54, 1.807) is 12.1 Å². The summed E-state index contributed by atoms with van der Waals surface area (Å²) in [6.45, 7) is 3.43. The van der Waals surface area contributed by atoms with Crippen LogP contribution >= 0.6 is 38.9 Å². The van der Waals surface area contributed by atoms with E-state index in [4.69, 9.17) is 11.6 Å². The van der Waals surface area contributed by atoms with Gasteiger partial charge in [0.2, 0.25) is 5.91 Å². The Balaban J connectivity index is 1.26. The highest BCUT2D eigenvalue weighted by Crippen LogP contribution is 2.33. The standard InChI is InChI=1S/C27H29BrClN3O3S2/c28-24-12-13-25(36-24)37(34,35)32-14-4-7-22(19-32)27(33)31-17-15-30(16-18-31)26(20-5-2-1-3-6-20)21-8-10-23(29)11-9-21/h1-3,5-6,8-13,22,26H,4,7,14-19H2. The van der Waals surface area contributed by atoms with E-state index in [0.717, 1.165) is 23.3 Å². The number of hydrogen-bond acceptors (Lipinski definition) is 5. The number of benzene rings is 2. The Morgan fingerprint density at radius 1 is 0.919 bits per heavy atom. The van der Waals surface area contributed by atoms with Crippen LogP contribution in [0.3, 0.4) is 0 Å². The number of nitrogens with zero attached hydrogens (tertiary/aromatic N) is 3. The van der Waals surface area contributed by atoms with Gasteiger partial charge >= 0.3 is 0 Å². The van der Waals surface area contributed by atoms with E-state index in [1.165, 1.54) is 26.8 Å². The van der Waals surface area contributed by atoms with Crippen LogP contribution in [0, 0.1) is 5.92 Å². The first-order valence-electron chi connectivity index (χ1n) is 12.4. The number of carbonyl (C=O) groups is 1. The highest BCUT2D eigenvalue weighted by Gasteiger charge is 2.37. The number of rotatable bonds is 6. The molecule has 2 saturated heterocycles. The molecule has 1 amide bonds. The average molecular weight is 623 g/mol. The van der Waals surface area contributed by atoms with Crippen molar-refractivity contribution in [2.75, 3.05) is 39.3 Å². The van der Waals surface area contributed by atoms with Gasteiger partial charge in [0.25, 0.3) is 10.0 Å². The Morgan fingerprint density at radius 2 is 1.59 bits per heavy atom. The van der Waals surface area contributed by atoms with Crippen molar-refractivity contribution in [1.82, 2.24) is 14.1 Å². The number of hydrogen-bond donors (Lipinski definition) is 0. The molecule has 10 heteroatoms. The van der Waals surface area contributed by atoms with Gasteiger partial charge in [-0.3, -0.25) is 9.69 Å². The van der Waals surface area contributed by atoms with Crippen molar-refractivity contribution in [2.24, 2.45) is 5.92 Å². The summed E-state index contributed by atoms with van der Waals surface area (Å²) < 4.78 is 28.8. The third-order valence-electron chi connectivity index (χ3n) is 7.17. The monoisotopic (exact) mass is 621 g/mol. The number of thiophene rings is 1. The van der Waals surface area contributed by atoms with Gasteiger partial charge in [0, 0.05) is 44.3 Å². The first kappa shape index (κ1) is 26.8. The fraction of sp³-hybridized carbons (Fsp3) is 0.370. The van der Waals surface area contributed by atoms with Crippen LogP contribution in [0.2, 0.25) is 5.02 Å². The Bertz CT molecular complexity index is 1330. The second kappa shape index (κ2) is 11.6. The van der Waals surface area contributed by atoms with Crippen molar-refractivity contribution in [1.29, 1.82) is 0 Å². The van der Waals surface area contributed by atoms with Crippen LogP contribution in [0.25, 0.3) is 0 Å². The molecule has 37 heavy (non-hydrogen) atoms. The molecule has 0 aliphatic carbocycles. The van der Waals surface area contributed by atoms with Crippen molar-refractivity contribution >= 4 is 54.8 Å². The first-order chi connectivity index (χ1) is 17.8. The van der Waals surface area contributed by atoms with Gasteiger partial charge in [-0.05, 0) is 64.2 Å². The van der Waals surface area contributed by atoms with Gasteiger partial charge in [0.1, 0.15) is 4.21 Å². The summed E-state index contributed by atoms with van der Waals surface area (Å²) >= 11 is 10.7. The third-order valence-corrected chi connectivity index (χ3v) is 11.4. The molecular formula is C27H29BrClN3O3S2. The Kier molecular flexibility index (Phi) is 8.38. The highest BCUT2D eigenvalue weighted by molar-refractivity contribution is 9.11. The molecule has 0 spiro atoms. The molecule has 0 saturated carbocycles. The fourth-order valence-electron chi connectivity index (χ4n) is 5.28. The van der Waals surface area contributed by atoms with Crippen LogP contribution in [0.5, 0.6) is 0 Å². The van der Waals surface area contributed by atoms with Gasteiger partial charge in [-0.1, -0.05) is 54.1 Å². The number of sulfonamides is 1. The molecule has 3 heterocycles. The highest BCUT2D eigenvalue weighted by atomic mass is 79.9. The van der Waals surface area contributed by atoms with Gasteiger partial charge in [-0.15, -0.1) is 11.3 Å². The molecule has 5 rings (SSSR count). The smallest absolute Gasteiger partial charge is 0.252 e. The molecule has 0 radical (unpaired) electrons. The van der Waals surface area contributed by atoms with Crippen LogP contribution in [0.4, 0.5) is 0 Å². The van der Waals surface area contributed by atoms with E-state index in [9.17, 15) is 13.2 Å². The van der Waals surface area contributed by atoms with E-state index in [-0.39, 0.29) is 24.4 Å². The zero-order valence-corrected chi connectivity index (χ0v) is 24.3. The predicted octanol–water partition coefficient (Wildman–Crippen LogP) is 5.50. The largest absolute Gasteiger partial charge is 0.340 e. The van der Waals surface area contributed by atoms with Crippen molar-refractivity contribution in [3.05, 3.63) is 86.7 Å². The molecule has 0 bridgehead atoms. The number of piperidine rings is 1. The van der Waals surface area contributed by atoms with Crippen LogP contribution in [0.15, 0.2) is 74.7 Å². The molecule has 3 aromatic rings. The molecule has 2 aromatic carbocycles. The molecule has 2 aliphatic rings. The molecule has 196 valence electrons. The maximum Gasteiger partial charge on any atom is 0.252 e. The Labute approximate surface area is 236 Å². The van der Waals surface area contributed by atoms with E-state index < -0.39 is 10.0 Å². The van der Waals surface area contributed by atoms with Gasteiger partial charge < -0.3 is 4.90 Å². The minimum absolute atomic E-state index is 0.0645. The summed E-state index contributed by atoms with van der Waals surface area (Å²) in [6.07, 6.45) is 1.41. The Morgan fingerprint density at radius 3 is 2.24 bits per heavy atom. The maximum atomic E-state index is 13.5. The summed E-state index contributed by atoms with van der Waals surface area (Å²) in [5.41, 5.74) is 2.38. The summed E-state index contributed by atoms with van der Waals surface area (Å²) in [5, 5.41) is 0.709. The molecule has 2 unspecified atom stereocenters. The molecule has 2 fully saturated rings. The average Bonchev–Trinajstić information content (AvgIpc) is 3.38. The SMILES string of the molecule is O=C(C1CCCN(S(=O)(=O)c2ccc(Br)s2)C1)N1CCN(C(c2ccccc2)c2ccc(Cl)cc2)CC1. The number of piperazine rings is 1. The van der Waals surface area contributed by atoms with Crippen LogP contribution < -0.4 is 0 Å². The number of halogens is 2. The lowest BCUT2D eigenvalue weighted by Gasteiger charge is -2.41. The van der Waals surface area contributed by atoms with E-state index in [2.05, 4.69) is 57.2 Å². The van der Waals surface area contributed by atoms with Crippen LogP contribution in [-0.2, 0) is 14.8 Å². The maximum absolute atomic E-state index is 13.5. The minimum atomic E-state index is -3.59. The zero-order valence-electron chi connectivity index (χ0n) is 20.3. The van der Waals surface area contributed by atoms with Crippen molar-refractivity contribution in [3.8, 4) is 0 Å². The molecular weight excluding hydrogens is 594 g/mol. The molecule has 1 aromatic heterocycles. The first-order valence-corrected chi connectivity index (χ1v) is 15.8. The van der Waals surface area contributed by atoms with E-state index in [0.29, 0.717) is 35.3 Å². The summed E-state index contributed by atoms with van der Waals surface area (Å²) in [7, 11) is -3.59. The number of carbonyl (C=O) groups excluding carboxylic acids is 1. The van der Waals surface area contributed by atoms with Gasteiger partial charge in [0.05, 0.1) is 15.7 Å². The third kappa shape index (κ3) is 5.97. The lowest BCUT2D eigenvalue weighted by Crippen LogP contribution is -2.53. The van der Waals surface area contributed by atoms with Crippen LogP contribution in [0.1, 0.15) is 30.0 Å². The van der Waals surface area contributed by atoms with Crippen LogP contribution in [-0.4, -0.2) is 67.7 Å². The second-order valence-corrected chi connectivity index (χ2v) is 14.6. The zero-order chi connectivity index (χ0) is 26.0. The lowest BCUT2D eigenvalue weighted by atomic mass is 9.95. The quantitative estimate of drug-likeness (QED) is 0.365. The topological polar surface area (TPSA) is 60.9 Å². The van der Waals surface area contributed by atoms with Gasteiger partial charge in [-0.2, -0.15) is 4.31 Å². The number of amides is 1. The Hall–Kier alpha value is -1.75. The lowest BCUT2D eigenvalue weighted by molar-refractivity contribution is -0.138. The van der Waals surface area contributed by atoms with Crippen molar-refractivity contribution < 1.29 is 13.2 Å².